The number of fused-ring (bicyclic) bond motifs is 2. The van der Waals surface area contributed by atoms with E-state index < -0.39 is 5.97 Å². The predicted molar refractivity (Wildman–Crippen MR) is 125 cm³/mol. The quantitative estimate of drug-likeness (QED) is 0.582. The molecule has 0 unspecified atom stereocenters. The molecule has 0 aliphatic carbocycles. The molecule has 2 amide bonds. The highest BCUT2D eigenvalue weighted by Crippen LogP contribution is 2.34. The van der Waals surface area contributed by atoms with E-state index in [0.717, 1.165) is 46.9 Å². The maximum absolute atomic E-state index is 12.7. The zero-order valence-electron chi connectivity index (χ0n) is 18.3. The monoisotopic (exact) mass is 465 g/mol. The summed E-state index contributed by atoms with van der Waals surface area (Å²) in [4.78, 5) is 41.5. The van der Waals surface area contributed by atoms with Crippen molar-refractivity contribution < 1.29 is 19.1 Å². The number of hydrogen-bond acceptors (Lipinski definition) is 7. The van der Waals surface area contributed by atoms with Crippen LogP contribution in [0.2, 0.25) is 0 Å². The van der Waals surface area contributed by atoms with Crippen LogP contribution < -0.4 is 10.2 Å². The predicted octanol–water partition coefficient (Wildman–Crippen LogP) is 3.15. The molecule has 1 N–H and O–H groups in total. The van der Waals surface area contributed by atoms with Gasteiger partial charge in [0.2, 0.25) is 0 Å². The van der Waals surface area contributed by atoms with Crippen LogP contribution in [0.3, 0.4) is 0 Å². The summed E-state index contributed by atoms with van der Waals surface area (Å²) in [6, 6.07) is 11.0. The number of amides is 2. The molecule has 2 aromatic heterocycles. The minimum Gasteiger partial charge on any atom is -0.462 e. The third-order valence-corrected chi connectivity index (χ3v) is 6.88. The Balaban J connectivity index is 1.33. The van der Waals surface area contributed by atoms with Crippen LogP contribution in [-0.2, 0) is 17.7 Å². The van der Waals surface area contributed by atoms with Crippen LogP contribution in [0.15, 0.2) is 36.4 Å². The second-order valence-electron chi connectivity index (χ2n) is 7.92. The summed E-state index contributed by atoms with van der Waals surface area (Å²) in [5.41, 5.74) is 2.81. The Morgan fingerprint density at radius 1 is 1.12 bits per heavy atom. The Kier molecular flexibility index (Phi) is 5.37. The summed E-state index contributed by atoms with van der Waals surface area (Å²) in [5.74, 6) is 0.620. The Morgan fingerprint density at radius 2 is 1.94 bits per heavy atom. The molecule has 10 heteroatoms. The minimum atomic E-state index is -0.434. The van der Waals surface area contributed by atoms with Gasteiger partial charge in [-0.15, -0.1) is 11.3 Å². The van der Waals surface area contributed by atoms with Gasteiger partial charge in [-0.05, 0) is 49.2 Å². The molecular weight excluding hydrogens is 442 g/mol. The van der Waals surface area contributed by atoms with Crippen molar-refractivity contribution in [2.75, 3.05) is 37.0 Å². The second-order valence-corrected chi connectivity index (χ2v) is 9.00. The molecule has 0 saturated carbocycles. The highest BCUT2D eigenvalue weighted by molar-refractivity contribution is 7.16. The number of carbonyl (C=O) groups is 3. The van der Waals surface area contributed by atoms with E-state index in [1.807, 2.05) is 29.9 Å². The number of nitrogens with one attached hydrogen (secondary N) is 1. The van der Waals surface area contributed by atoms with Gasteiger partial charge in [-0.3, -0.25) is 9.59 Å². The lowest BCUT2D eigenvalue weighted by Gasteiger charge is -2.26. The van der Waals surface area contributed by atoms with E-state index in [1.165, 1.54) is 0 Å². The smallest absolute Gasteiger partial charge is 0.348 e. The van der Waals surface area contributed by atoms with Crippen LogP contribution in [-0.4, -0.2) is 59.2 Å². The first-order valence-electron chi connectivity index (χ1n) is 10.8. The molecule has 1 aromatic carbocycles. The van der Waals surface area contributed by atoms with Crippen LogP contribution in [0.25, 0.3) is 0 Å². The zero-order valence-corrected chi connectivity index (χ0v) is 19.1. The van der Waals surface area contributed by atoms with Crippen molar-refractivity contribution in [2.45, 2.75) is 19.9 Å². The second kappa shape index (κ2) is 8.36. The number of aromatic nitrogens is 2. The van der Waals surface area contributed by atoms with Crippen molar-refractivity contribution in [3.63, 3.8) is 0 Å². The summed E-state index contributed by atoms with van der Waals surface area (Å²) in [6.07, 6.45) is 0.828. The van der Waals surface area contributed by atoms with Gasteiger partial charge in [-0.2, -0.15) is 5.10 Å². The number of rotatable bonds is 5. The molecule has 0 spiro atoms. The minimum absolute atomic E-state index is 0.0546. The van der Waals surface area contributed by atoms with Gasteiger partial charge in [0, 0.05) is 37.5 Å². The van der Waals surface area contributed by atoms with Gasteiger partial charge in [0.1, 0.15) is 10.7 Å². The number of hydrogen-bond donors (Lipinski definition) is 1. The summed E-state index contributed by atoms with van der Waals surface area (Å²) in [7, 11) is 1.82. The van der Waals surface area contributed by atoms with Gasteiger partial charge in [0.25, 0.3) is 11.8 Å². The molecule has 3 aromatic rings. The standard InChI is InChI=1S/C23H23N5O4S/c1-3-32-23(31)18-7-6-17(33-18)21(29)24-19-13-20-27(10-11-28(20)25-19)15-4-5-16-14(12-15)8-9-26(2)22(16)30/h4-7,12-13H,3,8-11H2,1-2H3,(H,24,25,29). The molecule has 2 aliphatic rings. The number of thiophene rings is 1. The normalized spacial score (nSPS) is 14.8. The number of carbonyl (C=O) groups excluding carboxylic acids is 3. The fourth-order valence-electron chi connectivity index (χ4n) is 4.13. The largest absolute Gasteiger partial charge is 0.462 e. The van der Waals surface area contributed by atoms with Gasteiger partial charge in [-0.1, -0.05) is 0 Å². The first-order valence-corrected chi connectivity index (χ1v) is 11.6. The van der Waals surface area contributed by atoms with Gasteiger partial charge in [-0.25, -0.2) is 9.48 Å². The molecule has 2 aliphatic heterocycles. The molecule has 0 saturated heterocycles. The fourth-order valence-corrected chi connectivity index (χ4v) is 4.92. The molecule has 170 valence electrons. The van der Waals surface area contributed by atoms with E-state index >= 15 is 0 Å². The van der Waals surface area contributed by atoms with E-state index in [0.29, 0.717) is 28.7 Å². The topological polar surface area (TPSA) is 96.8 Å². The van der Waals surface area contributed by atoms with E-state index in [4.69, 9.17) is 4.74 Å². The Morgan fingerprint density at radius 3 is 2.76 bits per heavy atom. The SMILES string of the molecule is CCOC(=O)c1ccc(C(=O)Nc2cc3n(n2)CCN3c2ccc3c(c2)CCN(C)C3=O)s1. The van der Waals surface area contributed by atoms with Crippen LogP contribution in [0, 0.1) is 0 Å². The van der Waals surface area contributed by atoms with Crippen molar-refractivity contribution in [3.8, 4) is 0 Å². The van der Waals surface area contributed by atoms with E-state index in [-0.39, 0.29) is 18.4 Å². The number of esters is 1. The van der Waals surface area contributed by atoms with Crippen molar-refractivity contribution in [3.05, 3.63) is 57.3 Å². The van der Waals surface area contributed by atoms with E-state index in [1.54, 1.807) is 24.0 Å². The lowest BCUT2D eigenvalue weighted by atomic mass is 9.98. The van der Waals surface area contributed by atoms with E-state index in [2.05, 4.69) is 21.4 Å². The molecule has 0 bridgehead atoms. The summed E-state index contributed by atoms with van der Waals surface area (Å²) < 4.78 is 6.83. The highest BCUT2D eigenvalue weighted by atomic mass is 32.1. The molecule has 0 radical (unpaired) electrons. The number of nitrogens with zero attached hydrogens (tertiary/aromatic N) is 4. The van der Waals surface area contributed by atoms with Crippen LogP contribution in [0.1, 0.15) is 42.2 Å². The highest BCUT2D eigenvalue weighted by Gasteiger charge is 2.27. The Bertz CT molecular complexity index is 1260. The summed E-state index contributed by atoms with van der Waals surface area (Å²) >= 11 is 1.09. The van der Waals surface area contributed by atoms with Crippen molar-refractivity contribution in [1.29, 1.82) is 0 Å². The first kappa shape index (κ1) is 21.2. The molecule has 33 heavy (non-hydrogen) atoms. The van der Waals surface area contributed by atoms with Gasteiger partial charge in [0.15, 0.2) is 5.82 Å². The lowest BCUT2D eigenvalue weighted by Crippen LogP contribution is -2.34. The molecule has 9 nitrogen and oxygen atoms in total. The number of likely N-dealkylation sites (N-methyl/N-ethyl adjacent to an activating group) is 1. The summed E-state index contributed by atoms with van der Waals surface area (Å²) in [5, 5.41) is 7.32. The molecule has 0 atom stereocenters. The number of ether oxygens (including phenoxy) is 1. The first-order chi connectivity index (χ1) is 15.9. The van der Waals surface area contributed by atoms with Crippen molar-refractivity contribution in [1.82, 2.24) is 14.7 Å². The third-order valence-electron chi connectivity index (χ3n) is 5.81. The fraction of sp³-hybridized carbons (Fsp3) is 0.304. The van der Waals surface area contributed by atoms with Gasteiger partial charge in [0.05, 0.1) is 18.0 Å². The molecular formula is C23H23N5O4S. The molecule has 0 fully saturated rings. The van der Waals surface area contributed by atoms with Crippen molar-refractivity contribution >= 4 is 46.4 Å². The van der Waals surface area contributed by atoms with Crippen LogP contribution in [0.4, 0.5) is 17.3 Å². The third kappa shape index (κ3) is 3.86. The average Bonchev–Trinajstić information content (AvgIpc) is 3.52. The molecule has 5 rings (SSSR count). The lowest BCUT2D eigenvalue weighted by molar-refractivity contribution is 0.0531. The molecule has 4 heterocycles. The van der Waals surface area contributed by atoms with Crippen LogP contribution >= 0.6 is 11.3 Å². The maximum Gasteiger partial charge on any atom is 0.348 e. The zero-order chi connectivity index (χ0) is 23.1. The van der Waals surface area contributed by atoms with Crippen molar-refractivity contribution in [2.24, 2.45) is 0 Å². The summed E-state index contributed by atoms with van der Waals surface area (Å²) in [6.45, 7) is 4.19. The average molecular weight is 466 g/mol. The van der Waals surface area contributed by atoms with Gasteiger partial charge >= 0.3 is 5.97 Å². The van der Waals surface area contributed by atoms with E-state index in [9.17, 15) is 14.4 Å². The maximum atomic E-state index is 12.7. The van der Waals surface area contributed by atoms with Crippen LogP contribution in [0.5, 0.6) is 0 Å². The number of anilines is 3. The Labute approximate surface area is 194 Å². The number of benzene rings is 1. The van der Waals surface area contributed by atoms with Gasteiger partial charge < -0.3 is 19.9 Å². The Hall–Kier alpha value is -3.66.